The van der Waals surface area contributed by atoms with Gasteiger partial charge in [-0.3, -0.25) is 10.1 Å². The molecular formula is C19H24N4O2S. The minimum Gasteiger partial charge on any atom is -0.349 e. The van der Waals surface area contributed by atoms with E-state index >= 15 is 0 Å². The van der Waals surface area contributed by atoms with Gasteiger partial charge in [0, 0.05) is 26.2 Å². The molecule has 5 rings (SSSR count). The van der Waals surface area contributed by atoms with Crippen molar-refractivity contribution in [3.8, 4) is 0 Å². The molecule has 4 unspecified atom stereocenters. The van der Waals surface area contributed by atoms with Gasteiger partial charge >= 0.3 is 5.00 Å². The maximum absolute atomic E-state index is 11.7. The molecule has 0 spiro atoms. The fourth-order valence-corrected chi connectivity index (χ4v) is 6.04. The number of fused-ring (bicyclic) bond motifs is 2. The van der Waals surface area contributed by atoms with Gasteiger partial charge < -0.3 is 9.80 Å². The second-order valence-corrected chi connectivity index (χ2v) is 9.07. The lowest BCUT2D eigenvalue weighted by Gasteiger charge is -2.17. The highest BCUT2D eigenvalue weighted by atomic mass is 32.1. The van der Waals surface area contributed by atoms with Gasteiger partial charge in [0.2, 0.25) is 5.82 Å². The Balaban J connectivity index is 1.39. The molecule has 4 aliphatic rings. The normalized spacial score (nSPS) is 32.8. The van der Waals surface area contributed by atoms with Crippen LogP contribution >= 0.6 is 11.3 Å². The summed E-state index contributed by atoms with van der Waals surface area (Å²) >= 11 is 1.27. The number of allylic oxidation sites excluding steroid dienone is 4. The summed E-state index contributed by atoms with van der Waals surface area (Å²) in [6.07, 6.45) is 13.5. The number of hydrogen-bond donors (Lipinski definition) is 0. The zero-order valence-electron chi connectivity index (χ0n) is 14.8. The minimum absolute atomic E-state index is 0.222. The van der Waals surface area contributed by atoms with Gasteiger partial charge in [0.25, 0.3) is 0 Å². The van der Waals surface area contributed by atoms with Crippen LogP contribution in [0.3, 0.4) is 0 Å². The van der Waals surface area contributed by atoms with Crippen molar-refractivity contribution in [2.45, 2.75) is 25.7 Å². The predicted octanol–water partition coefficient (Wildman–Crippen LogP) is 3.86. The number of rotatable bonds is 3. The van der Waals surface area contributed by atoms with Crippen molar-refractivity contribution in [1.82, 2.24) is 4.98 Å². The van der Waals surface area contributed by atoms with Gasteiger partial charge in [-0.05, 0) is 60.7 Å². The van der Waals surface area contributed by atoms with E-state index in [0.29, 0.717) is 29.5 Å². The van der Waals surface area contributed by atoms with Crippen molar-refractivity contribution in [1.29, 1.82) is 0 Å². The van der Waals surface area contributed by atoms with E-state index in [2.05, 4.69) is 34.1 Å². The number of aromatic nitrogens is 1. The summed E-state index contributed by atoms with van der Waals surface area (Å²) in [5, 5.41) is 12.7. The van der Waals surface area contributed by atoms with Crippen molar-refractivity contribution in [3.05, 3.63) is 34.4 Å². The zero-order valence-corrected chi connectivity index (χ0v) is 15.6. The van der Waals surface area contributed by atoms with Gasteiger partial charge in [-0.25, -0.2) is 0 Å². The van der Waals surface area contributed by atoms with Crippen LogP contribution in [-0.2, 0) is 0 Å². The molecule has 26 heavy (non-hydrogen) atoms. The Labute approximate surface area is 157 Å². The Hall–Kier alpha value is -1.89. The topological polar surface area (TPSA) is 62.5 Å². The van der Waals surface area contributed by atoms with E-state index in [0.717, 1.165) is 57.0 Å². The summed E-state index contributed by atoms with van der Waals surface area (Å²) in [5.74, 6) is 3.19. The first-order valence-corrected chi connectivity index (χ1v) is 10.5. The van der Waals surface area contributed by atoms with E-state index in [1.54, 1.807) is 0 Å². The molecule has 3 heterocycles. The molecule has 2 aliphatic carbocycles. The average molecular weight is 372 g/mol. The number of thiazole rings is 1. The monoisotopic (exact) mass is 372 g/mol. The molecule has 0 aromatic carbocycles. The van der Waals surface area contributed by atoms with Crippen LogP contribution in [0.15, 0.2) is 24.3 Å². The molecule has 0 bridgehead atoms. The molecule has 2 aliphatic heterocycles. The molecule has 6 nitrogen and oxygen atoms in total. The third kappa shape index (κ3) is 2.73. The van der Waals surface area contributed by atoms with Gasteiger partial charge in [-0.15, -0.1) is 0 Å². The fraction of sp³-hybridized carbons (Fsp3) is 0.632. The maximum Gasteiger partial charge on any atom is 0.369 e. The van der Waals surface area contributed by atoms with Gasteiger partial charge in [-0.2, -0.15) is 4.98 Å². The van der Waals surface area contributed by atoms with Crippen molar-refractivity contribution >= 4 is 27.3 Å². The number of hydrogen-bond acceptors (Lipinski definition) is 6. The van der Waals surface area contributed by atoms with Crippen molar-refractivity contribution in [2.75, 3.05) is 36.0 Å². The molecule has 7 heteroatoms. The molecule has 0 radical (unpaired) electrons. The Morgan fingerprint density at radius 1 is 0.885 bits per heavy atom. The number of nitro groups is 1. The Morgan fingerprint density at radius 3 is 1.81 bits per heavy atom. The van der Waals surface area contributed by atoms with E-state index in [1.165, 1.54) is 11.3 Å². The quantitative estimate of drug-likeness (QED) is 0.458. The molecule has 138 valence electrons. The van der Waals surface area contributed by atoms with Crippen LogP contribution in [0.25, 0.3) is 0 Å². The number of nitrogens with zero attached hydrogens (tertiary/aromatic N) is 4. The number of anilines is 2. The van der Waals surface area contributed by atoms with Crippen LogP contribution in [0.1, 0.15) is 25.7 Å². The molecule has 1 aromatic rings. The lowest BCUT2D eigenvalue weighted by molar-refractivity contribution is -0.379. The smallest absolute Gasteiger partial charge is 0.349 e. The van der Waals surface area contributed by atoms with Gasteiger partial charge in [0.05, 0.1) is 4.92 Å². The first-order valence-electron chi connectivity index (χ1n) is 9.64. The highest BCUT2D eigenvalue weighted by Crippen LogP contribution is 2.45. The second kappa shape index (κ2) is 6.37. The largest absolute Gasteiger partial charge is 0.369 e. The fourth-order valence-electron chi connectivity index (χ4n) is 5.11. The molecular weight excluding hydrogens is 348 g/mol. The lowest BCUT2D eigenvalue weighted by atomic mass is 9.86. The first-order chi connectivity index (χ1) is 12.7. The Bertz CT molecular complexity index is 742. The van der Waals surface area contributed by atoms with E-state index in [4.69, 9.17) is 4.98 Å². The molecule has 4 atom stereocenters. The summed E-state index contributed by atoms with van der Waals surface area (Å²) in [6, 6.07) is 0. The van der Waals surface area contributed by atoms with Crippen molar-refractivity contribution < 1.29 is 4.92 Å². The molecule has 0 N–H and O–H groups in total. The molecule has 1 aromatic heterocycles. The molecule has 2 saturated heterocycles. The Morgan fingerprint density at radius 2 is 1.35 bits per heavy atom. The summed E-state index contributed by atoms with van der Waals surface area (Å²) in [6.45, 7) is 3.75. The van der Waals surface area contributed by atoms with E-state index < -0.39 is 0 Å². The van der Waals surface area contributed by atoms with Gasteiger partial charge in [-0.1, -0.05) is 24.3 Å². The van der Waals surface area contributed by atoms with Crippen LogP contribution < -0.4 is 9.80 Å². The SMILES string of the molecule is O=[N+]([O-])c1sc(N2CC3CC=CCC3C2)nc1N1CC2CC=CCC2C1. The van der Waals surface area contributed by atoms with E-state index in [1.807, 2.05) is 0 Å². The maximum atomic E-state index is 11.7. The second-order valence-electron chi connectivity index (χ2n) is 8.12. The van der Waals surface area contributed by atoms with E-state index in [-0.39, 0.29) is 9.92 Å². The highest BCUT2D eigenvalue weighted by Gasteiger charge is 2.40. The zero-order chi connectivity index (χ0) is 17.7. The van der Waals surface area contributed by atoms with E-state index in [9.17, 15) is 10.1 Å². The van der Waals surface area contributed by atoms with Crippen molar-refractivity contribution in [3.63, 3.8) is 0 Å². The lowest BCUT2D eigenvalue weighted by Crippen LogP contribution is -2.22. The first kappa shape index (κ1) is 16.3. The third-order valence-corrected chi connectivity index (χ3v) is 7.62. The predicted molar refractivity (Wildman–Crippen MR) is 104 cm³/mol. The summed E-state index contributed by atoms with van der Waals surface area (Å²) in [4.78, 5) is 20.7. The van der Waals surface area contributed by atoms with Gasteiger partial charge in [0.1, 0.15) is 0 Å². The average Bonchev–Trinajstić information content (AvgIpc) is 3.35. The van der Waals surface area contributed by atoms with Crippen LogP contribution in [0.5, 0.6) is 0 Å². The van der Waals surface area contributed by atoms with Crippen LogP contribution in [-0.4, -0.2) is 36.1 Å². The summed E-state index contributed by atoms with van der Waals surface area (Å²) in [5.41, 5.74) is 0. The van der Waals surface area contributed by atoms with Gasteiger partial charge in [0.15, 0.2) is 5.13 Å². The van der Waals surface area contributed by atoms with Crippen LogP contribution in [0.4, 0.5) is 16.0 Å². The molecule has 2 fully saturated rings. The highest BCUT2D eigenvalue weighted by molar-refractivity contribution is 7.19. The minimum atomic E-state index is -0.235. The Kier molecular flexibility index (Phi) is 3.99. The molecule has 0 saturated carbocycles. The van der Waals surface area contributed by atoms with Crippen molar-refractivity contribution in [2.24, 2.45) is 23.7 Å². The van der Waals surface area contributed by atoms with Crippen LogP contribution in [0.2, 0.25) is 0 Å². The summed E-state index contributed by atoms with van der Waals surface area (Å²) in [7, 11) is 0. The standard InChI is InChI=1S/C19H24N4O2S/c24-23(25)18-17(21-9-13-5-1-2-6-14(13)10-21)20-19(26-18)22-11-15-7-3-4-8-16(15)12-22/h1-4,13-16H,5-12H2. The summed E-state index contributed by atoms with van der Waals surface area (Å²) < 4.78 is 0. The van der Waals surface area contributed by atoms with Crippen LogP contribution in [0, 0.1) is 33.8 Å². The molecule has 0 amide bonds. The third-order valence-electron chi connectivity index (χ3n) is 6.56.